The number of halogens is 3. The number of likely N-dealkylation sites (tertiary alicyclic amines) is 1. The Morgan fingerprint density at radius 1 is 1.10 bits per heavy atom. The van der Waals surface area contributed by atoms with Crippen molar-refractivity contribution in [2.24, 2.45) is 17.8 Å². The zero-order chi connectivity index (χ0) is 34.6. The van der Waals surface area contributed by atoms with Crippen molar-refractivity contribution in [3.63, 3.8) is 0 Å². The Bertz CT molecular complexity index is 1720. The van der Waals surface area contributed by atoms with Crippen LogP contribution < -0.4 is 14.4 Å². The minimum Gasteiger partial charge on any atom is -0.490 e. The number of carbonyl (C=O) groups excluding carboxylic acids is 1. The minimum atomic E-state index is -3.98. The lowest BCUT2D eigenvalue weighted by Gasteiger charge is -2.46. The van der Waals surface area contributed by atoms with Gasteiger partial charge in [0, 0.05) is 35.6 Å². The molecule has 5 aliphatic rings. The molecule has 2 aromatic carbocycles. The lowest BCUT2D eigenvalue weighted by Crippen LogP contribution is -2.57. The first-order valence-corrected chi connectivity index (χ1v) is 19.5. The number of alkyl halides is 2. The Hall–Kier alpha value is -2.73. The first-order chi connectivity index (χ1) is 23.3. The fourth-order valence-corrected chi connectivity index (χ4v) is 9.88. The molecule has 0 aromatic heterocycles. The molecule has 49 heavy (non-hydrogen) atoms. The Kier molecular flexibility index (Phi) is 9.51. The number of amides is 1. The topological polar surface area (TPSA) is 88.2 Å². The van der Waals surface area contributed by atoms with Gasteiger partial charge in [-0.05, 0) is 105 Å². The molecule has 1 amide bonds. The molecule has 0 radical (unpaired) electrons. The number of benzene rings is 2. The summed E-state index contributed by atoms with van der Waals surface area (Å²) in [5.74, 6) is -2.40. The first kappa shape index (κ1) is 34.7. The lowest BCUT2D eigenvalue weighted by atomic mass is 9.68. The number of anilines is 1. The molecule has 1 spiro atoms. The summed E-state index contributed by atoms with van der Waals surface area (Å²) >= 11 is 6.43. The maximum atomic E-state index is 13.5. The number of fused-ring (bicyclic) bond motifs is 4. The molecule has 0 unspecified atom stereocenters. The van der Waals surface area contributed by atoms with Gasteiger partial charge in [0.2, 0.25) is 10.0 Å². The summed E-state index contributed by atoms with van der Waals surface area (Å²) in [7, 11) is -3.98. The molecule has 2 bridgehead atoms. The fourth-order valence-electron chi connectivity index (χ4n) is 8.40. The number of nitrogens with zero attached hydrogens (tertiary/aromatic N) is 2. The summed E-state index contributed by atoms with van der Waals surface area (Å²) in [5, 5.41) is -0.106. The van der Waals surface area contributed by atoms with E-state index in [4.69, 9.17) is 21.1 Å². The molecule has 1 N–H and O–H groups in total. The van der Waals surface area contributed by atoms with Gasteiger partial charge in [-0.1, -0.05) is 36.7 Å². The maximum Gasteiger partial charge on any atom is 0.272 e. The minimum absolute atomic E-state index is 0.200. The van der Waals surface area contributed by atoms with E-state index in [1.807, 2.05) is 25.1 Å². The van der Waals surface area contributed by atoms with Crippen LogP contribution >= 0.6 is 11.6 Å². The number of hydrogen-bond donors (Lipinski definition) is 1. The van der Waals surface area contributed by atoms with Gasteiger partial charge in [-0.2, -0.15) is 0 Å². The lowest BCUT2D eigenvalue weighted by molar-refractivity contribution is -0.138. The van der Waals surface area contributed by atoms with Gasteiger partial charge in [0.05, 0.1) is 43.3 Å². The van der Waals surface area contributed by atoms with E-state index in [0.717, 1.165) is 37.8 Å². The highest BCUT2D eigenvalue weighted by Crippen LogP contribution is 2.47. The van der Waals surface area contributed by atoms with Gasteiger partial charge in [-0.25, -0.2) is 21.9 Å². The number of aryl methyl sites for hydroxylation is 1. The number of carbonyl (C=O) groups is 1. The SMILES string of the molecule is C[C@@H]1[C@@H](C)C/C=C\[C@H](OCCN2CC(F)(F)C2)[C@@H]2CC[C@H]2CN2C[C@@]3(CCCc4cc(Cl)ccc43)COc3ccc(cc32)C(=O)NS1(=O)=O. The van der Waals surface area contributed by atoms with Crippen molar-refractivity contribution in [3.8, 4) is 5.75 Å². The second kappa shape index (κ2) is 13.4. The number of sulfonamides is 1. The first-order valence-electron chi connectivity index (χ1n) is 17.6. The van der Waals surface area contributed by atoms with E-state index < -0.39 is 27.1 Å². The van der Waals surface area contributed by atoms with Crippen LogP contribution in [0.3, 0.4) is 0 Å². The van der Waals surface area contributed by atoms with Crippen molar-refractivity contribution < 1.29 is 31.5 Å². The molecule has 2 fully saturated rings. The molecule has 3 aliphatic heterocycles. The molecular formula is C37H46ClF2N3O5S. The summed E-state index contributed by atoms with van der Waals surface area (Å²) in [5.41, 5.74) is 3.20. The van der Waals surface area contributed by atoms with E-state index in [1.165, 1.54) is 11.1 Å². The Morgan fingerprint density at radius 2 is 1.92 bits per heavy atom. The second-order valence-electron chi connectivity index (χ2n) is 15.0. The van der Waals surface area contributed by atoms with Crippen LogP contribution in [0, 0.1) is 17.8 Å². The molecule has 2 aliphatic carbocycles. The summed E-state index contributed by atoms with van der Waals surface area (Å²) in [6.07, 6.45) is 9.15. The number of hydrogen-bond acceptors (Lipinski definition) is 7. The quantitative estimate of drug-likeness (QED) is 0.376. The van der Waals surface area contributed by atoms with Crippen molar-refractivity contribution in [1.29, 1.82) is 0 Å². The molecule has 266 valence electrons. The van der Waals surface area contributed by atoms with E-state index in [9.17, 15) is 22.0 Å². The number of rotatable bonds is 4. The van der Waals surface area contributed by atoms with E-state index in [2.05, 4.69) is 21.8 Å². The Labute approximate surface area is 293 Å². The average Bonchev–Trinajstić information content (AvgIpc) is 3.17. The molecule has 6 atom stereocenters. The van der Waals surface area contributed by atoms with Gasteiger partial charge in [-0.15, -0.1) is 0 Å². The molecule has 3 heterocycles. The Morgan fingerprint density at radius 3 is 2.67 bits per heavy atom. The van der Waals surface area contributed by atoms with Crippen LogP contribution in [0.2, 0.25) is 5.02 Å². The number of nitrogens with one attached hydrogen (secondary N) is 1. The van der Waals surface area contributed by atoms with Crippen LogP contribution in [0.15, 0.2) is 48.6 Å². The predicted molar refractivity (Wildman–Crippen MR) is 186 cm³/mol. The average molecular weight is 718 g/mol. The molecule has 8 nitrogen and oxygen atoms in total. The zero-order valence-electron chi connectivity index (χ0n) is 28.2. The van der Waals surface area contributed by atoms with Crippen molar-refractivity contribution in [1.82, 2.24) is 9.62 Å². The highest BCUT2D eigenvalue weighted by molar-refractivity contribution is 7.90. The van der Waals surface area contributed by atoms with E-state index >= 15 is 0 Å². The van der Waals surface area contributed by atoms with Gasteiger partial charge in [0.25, 0.3) is 11.8 Å². The van der Waals surface area contributed by atoms with Crippen molar-refractivity contribution in [2.75, 3.05) is 50.8 Å². The number of ether oxygens (including phenoxy) is 2. The molecule has 2 aromatic rings. The van der Waals surface area contributed by atoms with Crippen LogP contribution in [-0.4, -0.2) is 82.4 Å². The van der Waals surface area contributed by atoms with Gasteiger partial charge >= 0.3 is 0 Å². The summed E-state index contributed by atoms with van der Waals surface area (Å²) in [6.45, 7) is 5.63. The summed E-state index contributed by atoms with van der Waals surface area (Å²) in [6, 6.07) is 11.3. The third kappa shape index (κ3) is 7.10. The van der Waals surface area contributed by atoms with Crippen LogP contribution in [0.4, 0.5) is 14.5 Å². The molecular weight excluding hydrogens is 672 g/mol. The maximum absolute atomic E-state index is 13.5. The smallest absolute Gasteiger partial charge is 0.272 e. The fraction of sp³-hybridized carbons (Fsp3) is 0.595. The largest absolute Gasteiger partial charge is 0.490 e. The molecule has 7 rings (SSSR count). The third-order valence-corrected chi connectivity index (χ3v) is 13.8. The standard InChI is InChI=1S/C37H46ClF2N3O5S/c1-24-5-3-7-33(47-16-15-42-21-37(39,40)22-42)30-11-8-28(30)19-43-20-36(14-4-6-26-17-29(38)10-12-31(26)36)23-48-34-13-9-27(18-32(34)43)35(44)41-49(45,46)25(24)2/h3,7,9-10,12-13,17-18,24-25,28,30,33H,4-6,8,11,14-16,19-23H2,1-2H3,(H,41,44)/b7-3-/t24-,25+,28-,30+,33-,36-/m0/s1. The molecule has 12 heteroatoms. The summed E-state index contributed by atoms with van der Waals surface area (Å²) in [4.78, 5) is 17.5. The second-order valence-corrected chi connectivity index (χ2v) is 17.5. The van der Waals surface area contributed by atoms with Gasteiger partial charge in [0.1, 0.15) is 5.75 Å². The van der Waals surface area contributed by atoms with E-state index in [-0.39, 0.29) is 47.9 Å². The monoisotopic (exact) mass is 717 g/mol. The third-order valence-electron chi connectivity index (χ3n) is 11.6. The number of allylic oxidation sites excluding steroid dienone is 1. The van der Waals surface area contributed by atoms with Crippen LogP contribution in [0.5, 0.6) is 5.75 Å². The van der Waals surface area contributed by atoms with Gasteiger partial charge in [-0.3, -0.25) is 9.69 Å². The zero-order valence-corrected chi connectivity index (χ0v) is 29.7. The van der Waals surface area contributed by atoms with Crippen molar-refractivity contribution in [3.05, 3.63) is 70.3 Å². The van der Waals surface area contributed by atoms with E-state index in [1.54, 1.807) is 30.0 Å². The van der Waals surface area contributed by atoms with Gasteiger partial charge < -0.3 is 14.4 Å². The van der Waals surface area contributed by atoms with Crippen molar-refractivity contribution >= 4 is 33.2 Å². The van der Waals surface area contributed by atoms with Gasteiger partial charge in [0.15, 0.2) is 0 Å². The summed E-state index contributed by atoms with van der Waals surface area (Å²) < 4.78 is 69.1. The highest BCUT2D eigenvalue weighted by Gasteiger charge is 2.46. The van der Waals surface area contributed by atoms with Crippen LogP contribution in [0.25, 0.3) is 0 Å². The predicted octanol–water partition coefficient (Wildman–Crippen LogP) is 6.22. The van der Waals surface area contributed by atoms with Crippen LogP contribution in [-0.2, 0) is 26.6 Å². The van der Waals surface area contributed by atoms with Crippen molar-refractivity contribution in [2.45, 2.75) is 75.1 Å². The normalized spacial score (nSPS) is 33.1. The highest BCUT2D eigenvalue weighted by atomic mass is 35.5. The van der Waals surface area contributed by atoms with Crippen LogP contribution in [0.1, 0.15) is 67.4 Å². The Balaban J connectivity index is 1.23. The van der Waals surface area contributed by atoms with E-state index in [0.29, 0.717) is 50.0 Å². The molecule has 1 saturated carbocycles. The molecule has 1 saturated heterocycles.